The standard InChI is InChI=1S/C12H17ClFN/c1-8(9(2)7-15)6-10-4-3-5-11(14)12(10)13/h3-5,8-9H,6-7,15H2,1-2H3. The molecule has 0 bridgehead atoms. The summed E-state index contributed by atoms with van der Waals surface area (Å²) in [6.45, 7) is 4.85. The fourth-order valence-corrected chi connectivity index (χ4v) is 1.69. The lowest BCUT2D eigenvalue weighted by atomic mass is 9.90. The van der Waals surface area contributed by atoms with E-state index in [-0.39, 0.29) is 10.8 Å². The molecule has 0 saturated heterocycles. The molecular weight excluding hydrogens is 213 g/mol. The number of hydrogen-bond donors (Lipinski definition) is 1. The van der Waals surface area contributed by atoms with E-state index in [4.69, 9.17) is 17.3 Å². The average Bonchev–Trinajstić information content (AvgIpc) is 2.23. The zero-order valence-corrected chi connectivity index (χ0v) is 9.89. The summed E-state index contributed by atoms with van der Waals surface area (Å²) >= 11 is 5.88. The van der Waals surface area contributed by atoms with Gasteiger partial charge < -0.3 is 5.73 Å². The second kappa shape index (κ2) is 5.47. The number of nitrogens with two attached hydrogens (primary N) is 1. The van der Waals surface area contributed by atoms with E-state index in [0.717, 1.165) is 12.0 Å². The maximum Gasteiger partial charge on any atom is 0.142 e. The van der Waals surface area contributed by atoms with Gasteiger partial charge in [-0.05, 0) is 36.4 Å². The van der Waals surface area contributed by atoms with Crippen molar-refractivity contribution in [2.24, 2.45) is 17.6 Å². The summed E-state index contributed by atoms with van der Waals surface area (Å²) in [7, 11) is 0. The van der Waals surface area contributed by atoms with Gasteiger partial charge in [0.1, 0.15) is 5.82 Å². The molecule has 0 saturated carbocycles. The van der Waals surface area contributed by atoms with Gasteiger partial charge in [0.15, 0.2) is 0 Å². The summed E-state index contributed by atoms with van der Waals surface area (Å²) < 4.78 is 13.2. The van der Waals surface area contributed by atoms with Crippen LogP contribution in [0.4, 0.5) is 4.39 Å². The van der Waals surface area contributed by atoms with Crippen LogP contribution in [-0.4, -0.2) is 6.54 Å². The highest BCUT2D eigenvalue weighted by molar-refractivity contribution is 6.31. The normalized spacial score (nSPS) is 15.0. The monoisotopic (exact) mass is 229 g/mol. The lowest BCUT2D eigenvalue weighted by molar-refractivity contribution is 0.394. The summed E-state index contributed by atoms with van der Waals surface area (Å²) in [6.07, 6.45) is 0.773. The van der Waals surface area contributed by atoms with Gasteiger partial charge in [0.25, 0.3) is 0 Å². The Balaban J connectivity index is 2.76. The third-order valence-electron chi connectivity index (χ3n) is 2.92. The van der Waals surface area contributed by atoms with Crippen molar-refractivity contribution in [3.63, 3.8) is 0 Å². The minimum Gasteiger partial charge on any atom is -0.330 e. The zero-order valence-electron chi connectivity index (χ0n) is 9.13. The molecule has 15 heavy (non-hydrogen) atoms. The van der Waals surface area contributed by atoms with Crippen LogP contribution < -0.4 is 5.73 Å². The van der Waals surface area contributed by atoms with Gasteiger partial charge in [-0.3, -0.25) is 0 Å². The van der Waals surface area contributed by atoms with Crippen molar-refractivity contribution >= 4 is 11.6 Å². The van der Waals surface area contributed by atoms with Crippen LogP contribution in [0.1, 0.15) is 19.4 Å². The highest BCUT2D eigenvalue weighted by Crippen LogP contribution is 2.24. The van der Waals surface area contributed by atoms with Crippen LogP contribution in [0.15, 0.2) is 18.2 Å². The molecule has 1 aromatic carbocycles. The molecule has 0 fully saturated rings. The Hall–Kier alpha value is -0.600. The van der Waals surface area contributed by atoms with E-state index in [9.17, 15) is 4.39 Å². The Morgan fingerprint density at radius 3 is 2.60 bits per heavy atom. The highest BCUT2D eigenvalue weighted by atomic mass is 35.5. The summed E-state index contributed by atoms with van der Waals surface area (Å²) in [4.78, 5) is 0. The fraction of sp³-hybridized carbons (Fsp3) is 0.500. The molecule has 0 spiro atoms. The average molecular weight is 230 g/mol. The van der Waals surface area contributed by atoms with Crippen molar-refractivity contribution in [3.8, 4) is 0 Å². The fourth-order valence-electron chi connectivity index (χ4n) is 1.49. The topological polar surface area (TPSA) is 26.0 Å². The van der Waals surface area contributed by atoms with Crippen molar-refractivity contribution < 1.29 is 4.39 Å². The van der Waals surface area contributed by atoms with Crippen molar-refractivity contribution in [2.75, 3.05) is 6.54 Å². The highest BCUT2D eigenvalue weighted by Gasteiger charge is 2.14. The van der Waals surface area contributed by atoms with E-state index >= 15 is 0 Å². The van der Waals surface area contributed by atoms with E-state index in [2.05, 4.69) is 13.8 Å². The molecule has 0 amide bonds. The lowest BCUT2D eigenvalue weighted by Gasteiger charge is -2.18. The maximum absolute atomic E-state index is 13.2. The number of benzene rings is 1. The molecule has 0 aromatic heterocycles. The number of hydrogen-bond acceptors (Lipinski definition) is 1. The first-order valence-electron chi connectivity index (χ1n) is 5.19. The summed E-state index contributed by atoms with van der Waals surface area (Å²) in [6, 6.07) is 4.93. The zero-order chi connectivity index (χ0) is 11.4. The van der Waals surface area contributed by atoms with Gasteiger partial charge in [-0.15, -0.1) is 0 Å². The molecule has 84 valence electrons. The van der Waals surface area contributed by atoms with Gasteiger partial charge in [-0.1, -0.05) is 37.6 Å². The molecule has 1 rings (SSSR count). The predicted octanol–water partition coefficient (Wildman–Crippen LogP) is 3.25. The Morgan fingerprint density at radius 2 is 2.00 bits per heavy atom. The molecular formula is C12H17ClFN. The van der Waals surface area contributed by atoms with E-state index in [1.165, 1.54) is 6.07 Å². The van der Waals surface area contributed by atoms with Gasteiger partial charge in [-0.25, -0.2) is 4.39 Å². The van der Waals surface area contributed by atoms with Crippen molar-refractivity contribution in [1.82, 2.24) is 0 Å². The smallest absolute Gasteiger partial charge is 0.142 e. The minimum absolute atomic E-state index is 0.244. The maximum atomic E-state index is 13.2. The quantitative estimate of drug-likeness (QED) is 0.843. The molecule has 0 aliphatic carbocycles. The minimum atomic E-state index is -0.346. The second-order valence-electron chi connectivity index (χ2n) is 4.11. The molecule has 2 atom stereocenters. The number of rotatable bonds is 4. The first kappa shape index (κ1) is 12.5. The van der Waals surface area contributed by atoms with Gasteiger partial charge in [0.05, 0.1) is 5.02 Å². The summed E-state index contributed by atoms with van der Waals surface area (Å²) in [5.41, 5.74) is 6.45. The van der Waals surface area contributed by atoms with Crippen molar-refractivity contribution in [3.05, 3.63) is 34.6 Å². The Bertz CT molecular complexity index is 327. The van der Waals surface area contributed by atoms with Gasteiger partial charge in [0.2, 0.25) is 0 Å². The van der Waals surface area contributed by atoms with Gasteiger partial charge >= 0.3 is 0 Å². The molecule has 2 N–H and O–H groups in total. The Morgan fingerprint density at radius 1 is 1.33 bits per heavy atom. The number of halogens is 2. The van der Waals surface area contributed by atoms with Crippen LogP contribution in [0.3, 0.4) is 0 Å². The third-order valence-corrected chi connectivity index (χ3v) is 3.34. The molecule has 3 heteroatoms. The molecule has 0 radical (unpaired) electrons. The first-order valence-corrected chi connectivity index (χ1v) is 5.57. The molecule has 1 aromatic rings. The van der Waals surface area contributed by atoms with E-state index < -0.39 is 0 Å². The largest absolute Gasteiger partial charge is 0.330 e. The molecule has 2 unspecified atom stereocenters. The van der Waals surface area contributed by atoms with E-state index in [0.29, 0.717) is 18.4 Å². The van der Waals surface area contributed by atoms with Crippen LogP contribution in [0.2, 0.25) is 5.02 Å². The van der Waals surface area contributed by atoms with Crippen LogP contribution in [0.25, 0.3) is 0 Å². The van der Waals surface area contributed by atoms with E-state index in [1.807, 2.05) is 6.07 Å². The Kier molecular flexibility index (Phi) is 4.55. The van der Waals surface area contributed by atoms with E-state index in [1.54, 1.807) is 6.07 Å². The second-order valence-corrected chi connectivity index (χ2v) is 4.49. The predicted molar refractivity (Wildman–Crippen MR) is 62.5 cm³/mol. The van der Waals surface area contributed by atoms with Crippen LogP contribution in [0.5, 0.6) is 0 Å². The lowest BCUT2D eigenvalue weighted by Crippen LogP contribution is -2.20. The van der Waals surface area contributed by atoms with Crippen molar-refractivity contribution in [1.29, 1.82) is 0 Å². The molecule has 1 nitrogen and oxygen atoms in total. The molecule has 0 aliphatic rings. The Labute approximate surface area is 95.4 Å². The van der Waals surface area contributed by atoms with Crippen molar-refractivity contribution in [2.45, 2.75) is 20.3 Å². The summed E-state index contributed by atoms with van der Waals surface area (Å²) in [5.74, 6) is 0.486. The van der Waals surface area contributed by atoms with Crippen LogP contribution in [0, 0.1) is 17.7 Å². The van der Waals surface area contributed by atoms with Gasteiger partial charge in [0, 0.05) is 0 Å². The van der Waals surface area contributed by atoms with Crippen LogP contribution in [-0.2, 0) is 6.42 Å². The third kappa shape index (κ3) is 3.18. The molecule has 0 aliphatic heterocycles. The SMILES string of the molecule is CC(CN)C(C)Cc1cccc(F)c1Cl. The summed E-state index contributed by atoms with van der Waals surface area (Å²) in [5, 5.41) is 0.244. The first-order chi connectivity index (χ1) is 7.06. The molecule has 0 heterocycles. The van der Waals surface area contributed by atoms with Crippen LogP contribution >= 0.6 is 11.6 Å². The van der Waals surface area contributed by atoms with Gasteiger partial charge in [-0.2, -0.15) is 0 Å².